The lowest BCUT2D eigenvalue weighted by Gasteiger charge is -2.24. The maximum absolute atomic E-state index is 12.7. The predicted octanol–water partition coefficient (Wildman–Crippen LogP) is 2.86. The first-order chi connectivity index (χ1) is 11.4. The van der Waals surface area contributed by atoms with Gasteiger partial charge in [-0.05, 0) is 25.3 Å². The average Bonchev–Trinajstić information content (AvgIpc) is 3.05. The van der Waals surface area contributed by atoms with Crippen LogP contribution in [0.2, 0.25) is 0 Å². The van der Waals surface area contributed by atoms with E-state index >= 15 is 0 Å². The standard InChI is InChI=1S/C19H25NO4/c1-5-23-19(22)14-10-20(15(21)9-11(2)3)16-13-8-6-7-12(4)17(13)24-18(14)16/h6-8,11,14,16,18H,5,9-10H2,1-4H3/t14-,16+,18+/m1/s1. The fourth-order valence-electron chi connectivity index (χ4n) is 3.70. The normalized spacial score (nSPS) is 24.5. The van der Waals surface area contributed by atoms with Crippen LogP contribution in [0.5, 0.6) is 5.75 Å². The number of amides is 1. The molecule has 0 unspecified atom stereocenters. The SMILES string of the molecule is CCOC(=O)[C@@H]1CN(C(=O)CC(C)C)[C@H]2c3cccc(C)c3O[C@@H]12. The quantitative estimate of drug-likeness (QED) is 0.796. The number of hydrogen-bond acceptors (Lipinski definition) is 4. The summed E-state index contributed by atoms with van der Waals surface area (Å²) in [7, 11) is 0. The number of nitrogens with zero attached hydrogens (tertiary/aromatic N) is 1. The van der Waals surface area contributed by atoms with Crippen molar-refractivity contribution in [3.05, 3.63) is 29.3 Å². The molecule has 2 aliphatic heterocycles. The lowest BCUT2D eigenvalue weighted by Crippen LogP contribution is -2.32. The molecule has 0 aromatic heterocycles. The molecule has 130 valence electrons. The van der Waals surface area contributed by atoms with Gasteiger partial charge in [-0.15, -0.1) is 0 Å². The molecule has 0 N–H and O–H groups in total. The Bertz CT molecular complexity index is 655. The number of aryl methyl sites for hydroxylation is 1. The predicted molar refractivity (Wildman–Crippen MR) is 89.6 cm³/mol. The van der Waals surface area contributed by atoms with Crippen molar-refractivity contribution in [2.75, 3.05) is 13.2 Å². The van der Waals surface area contributed by atoms with Gasteiger partial charge in [-0.1, -0.05) is 32.0 Å². The van der Waals surface area contributed by atoms with Gasteiger partial charge < -0.3 is 14.4 Å². The first kappa shape index (κ1) is 16.8. The molecule has 5 nitrogen and oxygen atoms in total. The molecule has 0 aliphatic carbocycles. The molecule has 1 aromatic rings. The van der Waals surface area contributed by atoms with E-state index in [0.717, 1.165) is 16.9 Å². The summed E-state index contributed by atoms with van der Waals surface area (Å²) in [4.78, 5) is 26.9. The zero-order valence-corrected chi connectivity index (χ0v) is 14.7. The van der Waals surface area contributed by atoms with Crippen LogP contribution in [0.3, 0.4) is 0 Å². The molecule has 0 spiro atoms. The Morgan fingerprint density at radius 3 is 2.79 bits per heavy atom. The smallest absolute Gasteiger partial charge is 0.314 e. The number of carbonyl (C=O) groups is 2. The highest BCUT2D eigenvalue weighted by atomic mass is 16.5. The van der Waals surface area contributed by atoms with E-state index < -0.39 is 5.92 Å². The molecule has 0 bridgehead atoms. The van der Waals surface area contributed by atoms with E-state index in [2.05, 4.69) is 0 Å². The van der Waals surface area contributed by atoms with Crippen LogP contribution in [0.1, 0.15) is 44.4 Å². The van der Waals surface area contributed by atoms with Gasteiger partial charge in [0.2, 0.25) is 5.91 Å². The number of esters is 1. The number of fused-ring (bicyclic) bond motifs is 3. The Balaban J connectivity index is 1.95. The van der Waals surface area contributed by atoms with Crippen LogP contribution in [0.4, 0.5) is 0 Å². The summed E-state index contributed by atoms with van der Waals surface area (Å²) in [6.45, 7) is 8.53. The van der Waals surface area contributed by atoms with Crippen LogP contribution in [0.15, 0.2) is 18.2 Å². The molecular formula is C19H25NO4. The van der Waals surface area contributed by atoms with Gasteiger partial charge >= 0.3 is 5.97 Å². The van der Waals surface area contributed by atoms with Crippen LogP contribution < -0.4 is 4.74 Å². The zero-order chi connectivity index (χ0) is 17.4. The Kier molecular flexibility index (Phi) is 4.52. The molecule has 2 heterocycles. The van der Waals surface area contributed by atoms with Crippen molar-refractivity contribution >= 4 is 11.9 Å². The monoisotopic (exact) mass is 331 g/mol. The molecule has 5 heteroatoms. The topological polar surface area (TPSA) is 55.8 Å². The van der Waals surface area contributed by atoms with Crippen molar-refractivity contribution in [1.29, 1.82) is 0 Å². The third-order valence-electron chi connectivity index (χ3n) is 4.74. The lowest BCUT2D eigenvalue weighted by molar-refractivity contribution is -0.149. The van der Waals surface area contributed by atoms with Crippen molar-refractivity contribution in [3.8, 4) is 5.75 Å². The molecule has 1 amide bonds. The van der Waals surface area contributed by atoms with Gasteiger partial charge in [0.05, 0.1) is 12.6 Å². The first-order valence-corrected chi connectivity index (χ1v) is 8.66. The average molecular weight is 331 g/mol. The minimum atomic E-state index is -0.433. The van der Waals surface area contributed by atoms with Crippen LogP contribution in [0.25, 0.3) is 0 Å². The van der Waals surface area contributed by atoms with Crippen molar-refractivity contribution in [2.45, 2.75) is 46.3 Å². The van der Waals surface area contributed by atoms with E-state index in [0.29, 0.717) is 19.6 Å². The van der Waals surface area contributed by atoms with Gasteiger partial charge in [0.1, 0.15) is 17.8 Å². The number of hydrogen-bond donors (Lipinski definition) is 0. The Hall–Kier alpha value is -2.04. The molecule has 3 rings (SSSR count). The fourth-order valence-corrected chi connectivity index (χ4v) is 3.70. The first-order valence-electron chi connectivity index (χ1n) is 8.66. The van der Waals surface area contributed by atoms with Crippen LogP contribution in [-0.4, -0.2) is 36.0 Å². The summed E-state index contributed by atoms with van der Waals surface area (Å²) in [5.41, 5.74) is 2.03. The largest absolute Gasteiger partial charge is 0.486 e. The van der Waals surface area contributed by atoms with E-state index in [1.807, 2.05) is 43.9 Å². The summed E-state index contributed by atoms with van der Waals surface area (Å²) in [5, 5.41) is 0. The Morgan fingerprint density at radius 1 is 1.38 bits per heavy atom. The van der Waals surface area contributed by atoms with Gasteiger partial charge in [-0.3, -0.25) is 9.59 Å². The highest BCUT2D eigenvalue weighted by molar-refractivity contribution is 5.81. The number of ether oxygens (including phenoxy) is 2. The van der Waals surface area contributed by atoms with Crippen molar-refractivity contribution in [3.63, 3.8) is 0 Å². The molecule has 1 aromatic carbocycles. The van der Waals surface area contributed by atoms with E-state index in [9.17, 15) is 9.59 Å². The highest BCUT2D eigenvalue weighted by Gasteiger charge is 2.54. The molecule has 1 fully saturated rings. The van der Waals surface area contributed by atoms with Crippen molar-refractivity contribution < 1.29 is 19.1 Å². The number of benzene rings is 1. The van der Waals surface area contributed by atoms with E-state index in [1.54, 1.807) is 6.92 Å². The molecule has 3 atom stereocenters. The van der Waals surface area contributed by atoms with Crippen molar-refractivity contribution in [2.24, 2.45) is 11.8 Å². The number of likely N-dealkylation sites (tertiary alicyclic amines) is 1. The summed E-state index contributed by atoms with van der Waals surface area (Å²) in [6, 6.07) is 5.76. The zero-order valence-electron chi connectivity index (χ0n) is 14.7. The molecule has 0 radical (unpaired) electrons. The molecule has 0 saturated carbocycles. The second-order valence-corrected chi connectivity index (χ2v) is 7.02. The second kappa shape index (κ2) is 6.46. The van der Waals surface area contributed by atoms with Gasteiger partial charge in [-0.25, -0.2) is 0 Å². The van der Waals surface area contributed by atoms with Gasteiger partial charge in [-0.2, -0.15) is 0 Å². The third-order valence-corrected chi connectivity index (χ3v) is 4.74. The maximum atomic E-state index is 12.7. The number of carbonyl (C=O) groups excluding carboxylic acids is 2. The Morgan fingerprint density at radius 2 is 2.12 bits per heavy atom. The van der Waals surface area contributed by atoms with Gasteiger partial charge in [0.25, 0.3) is 0 Å². The van der Waals surface area contributed by atoms with Crippen LogP contribution in [-0.2, 0) is 14.3 Å². The van der Waals surface area contributed by atoms with Crippen molar-refractivity contribution in [1.82, 2.24) is 4.90 Å². The Labute approximate surface area is 142 Å². The van der Waals surface area contributed by atoms with E-state index in [4.69, 9.17) is 9.47 Å². The van der Waals surface area contributed by atoms with Gasteiger partial charge in [0, 0.05) is 18.5 Å². The minimum absolute atomic E-state index is 0.0738. The van der Waals surface area contributed by atoms with E-state index in [1.165, 1.54) is 0 Å². The van der Waals surface area contributed by atoms with Gasteiger partial charge in [0.15, 0.2) is 0 Å². The molecular weight excluding hydrogens is 306 g/mol. The summed E-state index contributed by atoms with van der Waals surface area (Å²) in [5.74, 6) is 0.446. The summed E-state index contributed by atoms with van der Waals surface area (Å²) in [6.07, 6.45) is 0.121. The second-order valence-electron chi connectivity index (χ2n) is 7.02. The molecule has 24 heavy (non-hydrogen) atoms. The summed E-state index contributed by atoms with van der Waals surface area (Å²) < 4.78 is 11.3. The maximum Gasteiger partial charge on any atom is 0.314 e. The number of rotatable bonds is 4. The summed E-state index contributed by atoms with van der Waals surface area (Å²) >= 11 is 0. The van der Waals surface area contributed by atoms with E-state index in [-0.39, 0.29) is 29.9 Å². The fraction of sp³-hybridized carbons (Fsp3) is 0.579. The molecule has 1 saturated heterocycles. The highest BCUT2D eigenvalue weighted by Crippen LogP contribution is 2.49. The molecule has 2 aliphatic rings. The van der Waals surface area contributed by atoms with Crippen LogP contribution in [0, 0.1) is 18.8 Å². The third kappa shape index (κ3) is 2.76. The lowest BCUT2D eigenvalue weighted by atomic mass is 9.97. The minimum Gasteiger partial charge on any atom is -0.486 e. The number of para-hydroxylation sites is 1. The van der Waals surface area contributed by atoms with Crippen LogP contribution >= 0.6 is 0 Å².